The quantitative estimate of drug-likeness (QED) is 0.222. The Morgan fingerprint density at radius 2 is 2.04 bits per heavy atom. The van der Waals surface area contributed by atoms with Gasteiger partial charge in [-0.15, -0.1) is 6.58 Å². The minimum atomic E-state index is 0.831. The number of methoxy groups -OCH3 is 1. The van der Waals surface area contributed by atoms with Gasteiger partial charge in [0.25, 0.3) is 0 Å². The van der Waals surface area contributed by atoms with Crippen molar-refractivity contribution in [1.29, 1.82) is 0 Å². The molecule has 1 aromatic carbocycles. The molecule has 4 aromatic rings. The van der Waals surface area contributed by atoms with Crippen molar-refractivity contribution in [3.8, 4) is 17.3 Å². The van der Waals surface area contributed by atoms with E-state index >= 15 is 0 Å². The molecule has 0 bridgehead atoms. The molecule has 0 saturated heterocycles. The van der Waals surface area contributed by atoms with Crippen LogP contribution < -0.4 is 4.74 Å². The maximum absolute atomic E-state index is 5.60. The first-order chi connectivity index (χ1) is 13.5. The Kier molecular flexibility index (Phi) is 4.98. The van der Waals surface area contributed by atoms with Gasteiger partial charge in [0.15, 0.2) is 5.82 Å². The fourth-order valence-corrected chi connectivity index (χ4v) is 4.02. The van der Waals surface area contributed by atoms with Crippen LogP contribution in [0.25, 0.3) is 33.6 Å². The number of rotatable bonds is 6. The number of aryl methyl sites for hydroxylation is 3. The molecule has 0 N–H and O–H groups in total. The van der Waals surface area contributed by atoms with Gasteiger partial charge in [0.1, 0.15) is 21.5 Å². The lowest BCUT2D eigenvalue weighted by molar-refractivity contribution is 0.418. The number of pyridine rings is 1. The zero-order valence-electron chi connectivity index (χ0n) is 16.4. The van der Waals surface area contributed by atoms with Crippen LogP contribution in [0, 0.1) is 6.92 Å². The Bertz CT molecular complexity index is 1190. The topological polar surface area (TPSA) is 44.9 Å². The number of fused-ring (bicyclic) bond motifs is 2. The maximum atomic E-state index is 5.60. The first-order valence-electron chi connectivity index (χ1n) is 9.32. The van der Waals surface area contributed by atoms with E-state index in [1.165, 1.54) is 0 Å². The van der Waals surface area contributed by atoms with Crippen LogP contribution >= 0.6 is 15.9 Å². The highest BCUT2D eigenvalue weighted by atomic mass is 79.9. The number of allylic oxidation sites excluding steroid dienone is 1. The molecule has 6 heteroatoms. The highest BCUT2D eigenvalue weighted by Gasteiger charge is 2.20. The number of nitrogens with zero attached hydrogens (tertiary/aromatic N) is 4. The number of benzene rings is 1. The molecule has 3 heterocycles. The number of imidazole rings is 1. The summed E-state index contributed by atoms with van der Waals surface area (Å²) in [6.45, 7) is 6.78. The van der Waals surface area contributed by atoms with Gasteiger partial charge in [-0.05, 0) is 65.5 Å². The summed E-state index contributed by atoms with van der Waals surface area (Å²) in [6.07, 6.45) is 3.92. The van der Waals surface area contributed by atoms with E-state index in [0.717, 1.165) is 68.9 Å². The molecule has 4 rings (SSSR count). The van der Waals surface area contributed by atoms with Crippen LogP contribution in [-0.4, -0.2) is 26.2 Å². The van der Waals surface area contributed by atoms with Crippen LogP contribution in [0.3, 0.4) is 0 Å². The summed E-state index contributed by atoms with van der Waals surface area (Å²) in [4.78, 5) is 9.73. The molecule has 0 amide bonds. The van der Waals surface area contributed by atoms with Crippen LogP contribution in [0.1, 0.15) is 18.4 Å². The van der Waals surface area contributed by atoms with Gasteiger partial charge in [0, 0.05) is 19.0 Å². The standard InChI is InChI=1S/C22H23BrN4O/c1-5-6-7-12-27-16(13-15-9-11-18(23)24-21(15)27)22-25-19-14(2)8-10-17(28-4)20(19)26(22)3/h5,8-11,13H,1,6-7,12H2,2-4H3. The molecule has 144 valence electrons. The summed E-state index contributed by atoms with van der Waals surface area (Å²) < 4.78 is 10.8. The normalized spacial score (nSPS) is 11.4. The number of hydrogen-bond donors (Lipinski definition) is 0. The Labute approximate surface area is 172 Å². The van der Waals surface area contributed by atoms with E-state index in [4.69, 9.17) is 14.7 Å². The predicted molar refractivity (Wildman–Crippen MR) is 118 cm³/mol. The molecule has 0 aliphatic carbocycles. The number of halogens is 1. The molecule has 0 aliphatic rings. The van der Waals surface area contributed by atoms with Crippen molar-refractivity contribution in [1.82, 2.24) is 19.1 Å². The van der Waals surface area contributed by atoms with Crippen molar-refractivity contribution in [2.24, 2.45) is 7.05 Å². The second-order valence-electron chi connectivity index (χ2n) is 6.94. The van der Waals surface area contributed by atoms with E-state index < -0.39 is 0 Å². The van der Waals surface area contributed by atoms with Crippen molar-refractivity contribution in [3.63, 3.8) is 0 Å². The third kappa shape index (κ3) is 3.02. The molecule has 0 unspecified atom stereocenters. The molecular formula is C22H23BrN4O. The molecule has 0 spiro atoms. The lowest BCUT2D eigenvalue weighted by atomic mass is 10.2. The van der Waals surface area contributed by atoms with Crippen LogP contribution in [0.5, 0.6) is 5.75 Å². The van der Waals surface area contributed by atoms with Gasteiger partial charge < -0.3 is 13.9 Å². The average Bonchev–Trinajstić information content (AvgIpc) is 3.21. The highest BCUT2D eigenvalue weighted by Crippen LogP contribution is 2.34. The van der Waals surface area contributed by atoms with Crippen molar-refractivity contribution in [2.45, 2.75) is 26.3 Å². The van der Waals surface area contributed by atoms with Gasteiger partial charge >= 0.3 is 0 Å². The minimum Gasteiger partial charge on any atom is -0.494 e. The Hall–Kier alpha value is -2.60. The van der Waals surface area contributed by atoms with E-state index in [2.05, 4.69) is 56.8 Å². The van der Waals surface area contributed by atoms with E-state index in [9.17, 15) is 0 Å². The SMILES string of the molecule is C=CCCCn1c(-c2nc3c(C)ccc(OC)c3n2C)cc2ccc(Br)nc21. The van der Waals surface area contributed by atoms with Gasteiger partial charge in [-0.3, -0.25) is 0 Å². The monoisotopic (exact) mass is 438 g/mol. The van der Waals surface area contributed by atoms with E-state index in [1.807, 2.05) is 25.3 Å². The zero-order valence-corrected chi connectivity index (χ0v) is 18.0. The molecular weight excluding hydrogens is 416 g/mol. The van der Waals surface area contributed by atoms with Crippen LogP contribution in [-0.2, 0) is 13.6 Å². The smallest absolute Gasteiger partial charge is 0.157 e. The highest BCUT2D eigenvalue weighted by molar-refractivity contribution is 9.10. The van der Waals surface area contributed by atoms with Crippen molar-refractivity contribution in [3.05, 3.63) is 53.2 Å². The third-order valence-electron chi connectivity index (χ3n) is 5.14. The second-order valence-corrected chi connectivity index (χ2v) is 7.75. The van der Waals surface area contributed by atoms with Crippen LogP contribution in [0.15, 0.2) is 47.6 Å². The zero-order chi connectivity index (χ0) is 19.8. The van der Waals surface area contributed by atoms with E-state index in [0.29, 0.717) is 0 Å². The van der Waals surface area contributed by atoms with Gasteiger partial charge in [-0.2, -0.15) is 0 Å². The van der Waals surface area contributed by atoms with Gasteiger partial charge in [-0.1, -0.05) is 12.1 Å². The lowest BCUT2D eigenvalue weighted by Gasteiger charge is -2.10. The molecule has 0 atom stereocenters. The Balaban J connectivity index is 1.98. The first kappa shape index (κ1) is 18.7. The largest absolute Gasteiger partial charge is 0.494 e. The van der Waals surface area contributed by atoms with Crippen LogP contribution in [0.4, 0.5) is 0 Å². The number of aromatic nitrogens is 4. The van der Waals surface area contributed by atoms with Gasteiger partial charge in [-0.25, -0.2) is 9.97 Å². The summed E-state index contributed by atoms with van der Waals surface area (Å²) in [6, 6.07) is 10.3. The second kappa shape index (κ2) is 7.43. The molecule has 0 radical (unpaired) electrons. The Morgan fingerprint density at radius 1 is 1.21 bits per heavy atom. The molecule has 28 heavy (non-hydrogen) atoms. The molecule has 0 fully saturated rings. The van der Waals surface area contributed by atoms with Crippen molar-refractivity contribution < 1.29 is 4.74 Å². The Morgan fingerprint density at radius 3 is 2.79 bits per heavy atom. The molecule has 0 saturated carbocycles. The fourth-order valence-electron chi connectivity index (χ4n) is 3.72. The maximum Gasteiger partial charge on any atom is 0.157 e. The lowest BCUT2D eigenvalue weighted by Crippen LogP contribution is -2.04. The predicted octanol–water partition coefficient (Wildman–Crippen LogP) is 5.64. The van der Waals surface area contributed by atoms with Gasteiger partial charge in [0.2, 0.25) is 0 Å². The molecule has 3 aromatic heterocycles. The summed E-state index contributed by atoms with van der Waals surface area (Å²) in [7, 11) is 3.74. The summed E-state index contributed by atoms with van der Waals surface area (Å²) in [5.74, 6) is 1.74. The van der Waals surface area contributed by atoms with Crippen molar-refractivity contribution in [2.75, 3.05) is 7.11 Å². The fraction of sp³-hybridized carbons (Fsp3) is 0.273. The van der Waals surface area contributed by atoms with Crippen molar-refractivity contribution >= 4 is 38.0 Å². The van der Waals surface area contributed by atoms with E-state index in [1.54, 1.807) is 7.11 Å². The van der Waals surface area contributed by atoms with Gasteiger partial charge in [0.05, 0.1) is 18.3 Å². The summed E-state index contributed by atoms with van der Waals surface area (Å²) >= 11 is 3.51. The minimum absolute atomic E-state index is 0.831. The number of unbranched alkanes of at least 4 members (excludes halogenated alkanes) is 1. The summed E-state index contributed by atoms with van der Waals surface area (Å²) in [5, 5.41) is 1.10. The summed E-state index contributed by atoms with van der Waals surface area (Å²) in [5.41, 5.74) is 5.13. The van der Waals surface area contributed by atoms with E-state index in [-0.39, 0.29) is 0 Å². The molecule has 5 nitrogen and oxygen atoms in total. The number of hydrogen-bond acceptors (Lipinski definition) is 3. The third-order valence-corrected chi connectivity index (χ3v) is 5.58. The van der Waals surface area contributed by atoms with Crippen LogP contribution in [0.2, 0.25) is 0 Å². The number of ether oxygens (including phenoxy) is 1. The average molecular weight is 439 g/mol. The molecule has 0 aliphatic heterocycles. The first-order valence-corrected chi connectivity index (χ1v) is 10.1.